The van der Waals surface area contributed by atoms with Gasteiger partial charge in [0.15, 0.2) is 0 Å². The number of hydrogen-bond donors (Lipinski definition) is 1. The van der Waals surface area contributed by atoms with Crippen LogP contribution in [0.15, 0.2) is 0 Å². The molecule has 0 saturated heterocycles. The van der Waals surface area contributed by atoms with Crippen molar-refractivity contribution < 1.29 is 9.90 Å². The normalized spacial score (nSPS) is 11.5. The average Bonchev–Trinajstić information content (AvgIpc) is 2.65. The van der Waals surface area contributed by atoms with Gasteiger partial charge in [0.2, 0.25) is 7.28 Å². The standard InChI is InChI=1S/C11H20BN4O2/c1-4-6-11(3,7-5-2)12-10-13-14-15-16(10)8-9(17)18/h4-8H2,1-3H3,(H,17,18). The molecular weight excluding hydrogens is 231 g/mol. The predicted octanol–water partition coefficient (Wildman–Crippen LogP) is 0.866. The van der Waals surface area contributed by atoms with Crippen LogP contribution in [0, 0.1) is 0 Å². The van der Waals surface area contributed by atoms with Crippen LogP contribution in [0.4, 0.5) is 0 Å². The van der Waals surface area contributed by atoms with E-state index in [1.54, 1.807) is 0 Å². The molecule has 1 rings (SSSR count). The molecule has 0 saturated carbocycles. The molecule has 6 nitrogen and oxygen atoms in total. The highest BCUT2D eigenvalue weighted by atomic mass is 16.4. The Labute approximate surface area is 108 Å². The lowest BCUT2D eigenvalue weighted by Crippen LogP contribution is -2.36. The quantitative estimate of drug-likeness (QED) is 0.693. The Morgan fingerprint density at radius 1 is 1.39 bits per heavy atom. The minimum atomic E-state index is -0.940. The molecule has 7 heteroatoms. The first kappa shape index (κ1) is 14.7. The van der Waals surface area contributed by atoms with Crippen LogP contribution in [-0.4, -0.2) is 38.6 Å². The van der Waals surface area contributed by atoms with Crippen molar-refractivity contribution in [2.45, 2.75) is 58.3 Å². The summed E-state index contributed by atoms with van der Waals surface area (Å²) in [5, 5.41) is 20.0. The summed E-state index contributed by atoms with van der Waals surface area (Å²) in [6, 6.07) is 0. The van der Waals surface area contributed by atoms with Gasteiger partial charge in [0.1, 0.15) is 12.3 Å². The first-order chi connectivity index (χ1) is 8.50. The van der Waals surface area contributed by atoms with Gasteiger partial charge in [0.25, 0.3) is 0 Å². The van der Waals surface area contributed by atoms with Crippen molar-refractivity contribution in [2.24, 2.45) is 0 Å². The van der Waals surface area contributed by atoms with Gasteiger partial charge in [0, 0.05) is 0 Å². The maximum Gasteiger partial charge on any atom is 0.325 e. The molecule has 1 heterocycles. The second-order valence-corrected chi connectivity index (χ2v) is 4.89. The van der Waals surface area contributed by atoms with Crippen molar-refractivity contribution >= 4 is 19.0 Å². The zero-order valence-electron chi connectivity index (χ0n) is 11.3. The Morgan fingerprint density at radius 3 is 2.50 bits per heavy atom. The Hall–Kier alpha value is -1.40. The third-order valence-electron chi connectivity index (χ3n) is 2.96. The maximum absolute atomic E-state index is 10.7. The first-order valence-electron chi connectivity index (χ1n) is 6.34. The number of carboxylic acid groups (broad SMARTS) is 1. The zero-order valence-corrected chi connectivity index (χ0v) is 11.3. The van der Waals surface area contributed by atoms with Gasteiger partial charge < -0.3 is 5.11 Å². The topological polar surface area (TPSA) is 80.9 Å². The van der Waals surface area contributed by atoms with Gasteiger partial charge in [-0.3, -0.25) is 4.79 Å². The van der Waals surface area contributed by atoms with Gasteiger partial charge >= 0.3 is 5.97 Å². The molecule has 0 amide bonds. The van der Waals surface area contributed by atoms with E-state index in [1.807, 2.05) is 7.28 Å². The summed E-state index contributed by atoms with van der Waals surface area (Å²) in [6.45, 7) is 6.25. The molecule has 0 aliphatic heterocycles. The van der Waals surface area contributed by atoms with Crippen LogP contribution in [0.2, 0.25) is 5.31 Å². The molecule has 0 atom stereocenters. The van der Waals surface area contributed by atoms with Crippen LogP contribution in [0.5, 0.6) is 0 Å². The van der Waals surface area contributed by atoms with Gasteiger partial charge in [-0.2, -0.15) is 0 Å². The van der Waals surface area contributed by atoms with Crippen molar-refractivity contribution in [3.8, 4) is 0 Å². The number of hydrogen-bond acceptors (Lipinski definition) is 4. The first-order valence-corrected chi connectivity index (χ1v) is 6.34. The zero-order chi connectivity index (χ0) is 13.6. The highest BCUT2D eigenvalue weighted by Crippen LogP contribution is 2.35. The largest absolute Gasteiger partial charge is 0.480 e. The second-order valence-electron chi connectivity index (χ2n) is 4.89. The lowest BCUT2D eigenvalue weighted by atomic mass is 9.49. The summed E-state index contributed by atoms with van der Waals surface area (Å²) in [7, 11) is 2.00. The summed E-state index contributed by atoms with van der Waals surface area (Å²) in [5.41, 5.74) is 0.543. The van der Waals surface area contributed by atoms with Crippen LogP contribution < -0.4 is 5.72 Å². The van der Waals surface area contributed by atoms with Gasteiger partial charge in [0.05, 0.1) is 0 Å². The van der Waals surface area contributed by atoms with E-state index in [-0.39, 0.29) is 11.9 Å². The number of rotatable bonds is 8. The Morgan fingerprint density at radius 2 is 2.00 bits per heavy atom. The van der Waals surface area contributed by atoms with Gasteiger partial charge in [-0.05, 0) is 10.4 Å². The Balaban J connectivity index is 2.80. The van der Waals surface area contributed by atoms with E-state index in [0.29, 0.717) is 5.72 Å². The number of nitrogens with zero attached hydrogens (tertiary/aromatic N) is 4. The molecule has 0 spiro atoms. The smallest absolute Gasteiger partial charge is 0.325 e. The SMILES string of the molecule is CCCC(C)([B]c1nnnn1CC(=O)O)CCC. The third-order valence-corrected chi connectivity index (χ3v) is 2.96. The Kier molecular flexibility index (Phi) is 5.31. The second kappa shape index (κ2) is 6.51. The minimum absolute atomic E-state index is 0.0223. The van der Waals surface area contributed by atoms with Crippen LogP contribution in [-0.2, 0) is 11.3 Å². The molecule has 18 heavy (non-hydrogen) atoms. The van der Waals surface area contributed by atoms with Gasteiger partial charge in [-0.15, -0.1) is 5.10 Å². The Bertz CT molecular complexity index is 388. The van der Waals surface area contributed by atoms with Gasteiger partial charge in [-0.25, -0.2) is 4.68 Å². The molecule has 1 aromatic rings. The number of aliphatic carboxylic acids is 1. The number of carboxylic acids is 1. The van der Waals surface area contributed by atoms with Crippen LogP contribution in [0.25, 0.3) is 0 Å². The van der Waals surface area contributed by atoms with E-state index in [9.17, 15) is 4.79 Å². The molecule has 1 radical (unpaired) electrons. The highest BCUT2D eigenvalue weighted by Gasteiger charge is 2.27. The summed E-state index contributed by atoms with van der Waals surface area (Å²) in [5.74, 6) is -0.940. The van der Waals surface area contributed by atoms with Crippen LogP contribution >= 0.6 is 0 Å². The summed E-state index contributed by atoms with van der Waals surface area (Å²) in [6.07, 6.45) is 4.24. The number of carbonyl (C=O) groups is 1. The fraction of sp³-hybridized carbons (Fsp3) is 0.818. The van der Waals surface area contributed by atoms with Crippen molar-refractivity contribution in [3.05, 3.63) is 0 Å². The molecule has 1 N–H and O–H groups in total. The molecule has 0 bridgehead atoms. The summed E-state index contributed by atoms with van der Waals surface area (Å²) >= 11 is 0. The van der Waals surface area contributed by atoms with E-state index < -0.39 is 5.97 Å². The molecular formula is C11H20BN4O2. The molecule has 0 aromatic carbocycles. The van der Waals surface area contributed by atoms with Gasteiger partial charge in [-0.1, -0.05) is 51.8 Å². The van der Waals surface area contributed by atoms with E-state index in [1.165, 1.54) is 4.68 Å². The van der Waals surface area contributed by atoms with Crippen molar-refractivity contribution in [3.63, 3.8) is 0 Å². The molecule has 0 unspecified atom stereocenters. The average molecular weight is 251 g/mol. The van der Waals surface area contributed by atoms with Crippen molar-refractivity contribution in [1.82, 2.24) is 20.2 Å². The monoisotopic (exact) mass is 251 g/mol. The predicted molar refractivity (Wildman–Crippen MR) is 69.0 cm³/mol. The minimum Gasteiger partial charge on any atom is -0.480 e. The fourth-order valence-electron chi connectivity index (χ4n) is 2.28. The van der Waals surface area contributed by atoms with E-state index >= 15 is 0 Å². The maximum atomic E-state index is 10.7. The van der Waals surface area contributed by atoms with E-state index in [0.717, 1.165) is 25.7 Å². The molecule has 99 valence electrons. The summed E-state index contributed by atoms with van der Waals surface area (Å²) < 4.78 is 1.33. The molecule has 0 aliphatic carbocycles. The number of tetrazole rings is 1. The highest BCUT2D eigenvalue weighted by molar-refractivity contribution is 6.54. The third kappa shape index (κ3) is 4.12. The molecule has 0 aliphatic rings. The molecule has 0 fully saturated rings. The summed E-state index contributed by atoms with van der Waals surface area (Å²) in [4.78, 5) is 10.7. The fourth-order valence-corrected chi connectivity index (χ4v) is 2.28. The lowest BCUT2D eigenvalue weighted by molar-refractivity contribution is -0.137. The van der Waals surface area contributed by atoms with Crippen molar-refractivity contribution in [1.29, 1.82) is 0 Å². The van der Waals surface area contributed by atoms with Crippen molar-refractivity contribution in [2.75, 3.05) is 0 Å². The van der Waals surface area contributed by atoms with Crippen LogP contribution in [0.3, 0.4) is 0 Å². The number of aromatic nitrogens is 4. The lowest BCUT2D eigenvalue weighted by Gasteiger charge is -2.27. The van der Waals surface area contributed by atoms with E-state index in [2.05, 4.69) is 36.3 Å². The van der Waals surface area contributed by atoms with E-state index in [4.69, 9.17) is 5.11 Å². The molecule has 1 aromatic heterocycles. The van der Waals surface area contributed by atoms with Crippen LogP contribution in [0.1, 0.15) is 46.5 Å².